The van der Waals surface area contributed by atoms with Crippen LogP contribution in [0.5, 0.6) is 0 Å². The van der Waals surface area contributed by atoms with Gasteiger partial charge in [0.1, 0.15) is 0 Å². The Kier molecular flexibility index (Phi) is 4.35. The van der Waals surface area contributed by atoms with Crippen LogP contribution in [0, 0.1) is 5.41 Å². The molecule has 14 heavy (non-hydrogen) atoms. The van der Waals surface area contributed by atoms with Crippen LogP contribution in [0.25, 0.3) is 0 Å². The first-order valence-electron chi connectivity index (χ1n) is 5.55. The van der Waals surface area contributed by atoms with Gasteiger partial charge in [0.25, 0.3) is 0 Å². The number of rotatable bonds is 5. The van der Waals surface area contributed by atoms with E-state index in [0.29, 0.717) is 0 Å². The fourth-order valence-corrected chi connectivity index (χ4v) is 2.32. The minimum Gasteiger partial charge on any atom is -0.396 e. The van der Waals surface area contributed by atoms with Gasteiger partial charge in [0.05, 0.1) is 6.61 Å². The highest BCUT2D eigenvalue weighted by Gasteiger charge is 2.34. The second-order valence-electron chi connectivity index (χ2n) is 4.81. The van der Waals surface area contributed by atoms with E-state index in [4.69, 9.17) is 5.11 Å². The summed E-state index contributed by atoms with van der Waals surface area (Å²) < 4.78 is 0. The summed E-state index contributed by atoms with van der Waals surface area (Å²) in [6, 6.07) is 0.194. The molecule has 3 heteroatoms. The zero-order valence-corrected chi connectivity index (χ0v) is 9.37. The van der Waals surface area contributed by atoms with Gasteiger partial charge in [-0.3, -0.25) is 0 Å². The maximum absolute atomic E-state index is 9.43. The molecule has 1 unspecified atom stereocenters. The molecule has 0 bridgehead atoms. The molecule has 1 aliphatic carbocycles. The third kappa shape index (κ3) is 2.69. The first-order valence-corrected chi connectivity index (χ1v) is 5.55. The molecule has 0 heterocycles. The van der Waals surface area contributed by atoms with Gasteiger partial charge in [0, 0.05) is 24.6 Å². The largest absolute Gasteiger partial charge is 0.396 e. The Morgan fingerprint density at radius 1 is 1.29 bits per heavy atom. The monoisotopic (exact) mass is 201 g/mol. The van der Waals surface area contributed by atoms with Gasteiger partial charge in [-0.2, -0.15) is 0 Å². The Labute approximate surface area is 86.7 Å². The average Bonchev–Trinajstić information content (AvgIpc) is 2.65. The third-order valence-electron chi connectivity index (χ3n) is 3.60. The van der Waals surface area contributed by atoms with Crippen molar-refractivity contribution < 1.29 is 10.2 Å². The maximum atomic E-state index is 9.43. The van der Waals surface area contributed by atoms with Crippen LogP contribution in [0.15, 0.2) is 0 Å². The van der Waals surface area contributed by atoms with Crippen molar-refractivity contribution in [3.63, 3.8) is 0 Å². The first-order chi connectivity index (χ1) is 6.63. The second-order valence-corrected chi connectivity index (χ2v) is 4.81. The molecule has 2 N–H and O–H groups in total. The van der Waals surface area contributed by atoms with Gasteiger partial charge < -0.3 is 15.1 Å². The van der Waals surface area contributed by atoms with Crippen LogP contribution in [-0.4, -0.2) is 48.0 Å². The van der Waals surface area contributed by atoms with Crippen LogP contribution in [0.2, 0.25) is 0 Å². The van der Waals surface area contributed by atoms with Gasteiger partial charge in [-0.25, -0.2) is 0 Å². The van der Waals surface area contributed by atoms with E-state index >= 15 is 0 Å². The van der Waals surface area contributed by atoms with E-state index in [9.17, 15) is 5.11 Å². The normalized spacial score (nSPS) is 22.9. The maximum Gasteiger partial charge on any atom is 0.0584 e. The quantitative estimate of drug-likeness (QED) is 0.693. The molecule has 84 valence electrons. The van der Waals surface area contributed by atoms with Crippen LogP contribution < -0.4 is 0 Å². The highest BCUT2D eigenvalue weighted by atomic mass is 16.3. The lowest BCUT2D eigenvalue weighted by molar-refractivity contribution is 0.0598. The van der Waals surface area contributed by atoms with Gasteiger partial charge in [-0.1, -0.05) is 12.8 Å². The fraction of sp³-hybridized carbons (Fsp3) is 1.00. The predicted molar refractivity (Wildman–Crippen MR) is 57.2 cm³/mol. The van der Waals surface area contributed by atoms with Crippen LogP contribution >= 0.6 is 0 Å². The van der Waals surface area contributed by atoms with Gasteiger partial charge >= 0.3 is 0 Å². The van der Waals surface area contributed by atoms with Gasteiger partial charge in [0.2, 0.25) is 0 Å². The van der Waals surface area contributed by atoms with Crippen molar-refractivity contribution in [2.75, 3.05) is 26.8 Å². The number of hydrogen-bond acceptors (Lipinski definition) is 3. The van der Waals surface area contributed by atoms with Crippen molar-refractivity contribution in [2.45, 2.75) is 38.6 Å². The number of aliphatic hydroxyl groups excluding tert-OH is 2. The molecule has 0 aromatic rings. The van der Waals surface area contributed by atoms with E-state index in [-0.39, 0.29) is 24.7 Å². The molecule has 1 saturated carbocycles. The number of aliphatic hydroxyl groups is 2. The van der Waals surface area contributed by atoms with E-state index in [1.165, 1.54) is 12.8 Å². The van der Waals surface area contributed by atoms with Crippen molar-refractivity contribution >= 4 is 0 Å². The van der Waals surface area contributed by atoms with Crippen molar-refractivity contribution in [3.05, 3.63) is 0 Å². The van der Waals surface area contributed by atoms with Crippen molar-refractivity contribution in [1.29, 1.82) is 0 Å². The lowest BCUT2D eigenvalue weighted by atomic mass is 9.86. The van der Waals surface area contributed by atoms with Gasteiger partial charge in [-0.15, -0.1) is 0 Å². The summed E-state index contributed by atoms with van der Waals surface area (Å²) in [5.74, 6) is 0. The Bertz CT molecular complexity index is 167. The van der Waals surface area contributed by atoms with E-state index in [1.807, 2.05) is 14.0 Å². The predicted octanol–water partition coefficient (Wildman–Crippen LogP) is 0.852. The molecular weight excluding hydrogens is 178 g/mol. The molecule has 0 spiro atoms. The summed E-state index contributed by atoms with van der Waals surface area (Å²) in [5.41, 5.74) is 0.109. The van der Waals surface area contributed by atoms with Gasteiger partial charge in [-0.05, 0) is 26.8 Å². The Morgan fingerprint density at radius 3 is 2.29 bits per heavy atom. The number of hydrogen-bond donors (Lipinski definition) is 2. The molecule has 0 saturated heterocycles. The lowest BCUT2D eigenvalue weighted by Crippen LogP contribution is -2.42. The Morgan fingerprint density at radius 2 is 1.86 bits per heavy atom. The summed E-state index contributed by atoms with van der Waals surface area (Å²) >= 11 is 0. The molecule has 0 amide bonds. The van der Waals surface area contributed by atoms with E-state index in [0.717, 1.165) is 19.4 Å². The van der Waals surface area contributed by atoms with Crippen LogP contribution in [0.1, 0.15) is 32.6 Å². The molecule has 1 atom stereocenters. The van der Waals surface area contributed by atoms with Crippen molar-refractivity contribution in [2.24, 2.45) is 5.41 Å². The van der Waals surface area contributed by atoms with Crippen LogP contribution in [0.4, 0.5) is 0 Å². The zero-order chi connectivity index (χ0) is 10.6. The summed E-state index contributed by atoms with van der Waals surface area (Å²) in [6.45, 7) is 3.40. The highest BCUT2D eigenvalue weighted by Crippen LogP contribution is 2.38. The minimum atomic E-state index is 0.109. The van der Waals surface area contributed by atoms with E-state index in [2.05, 4.69) is 4.90 Å². The molecule has 1 aliphatic rings. The molecule has 3 nitrogen and oxygen atoms in total. The molecule has 1 fully saturated rings. The van der Waals surface area contributed by atoms with Crippen molar-refractivity contribution in [3.8, 4) is 0 Å². The summed E-state index contributed by atoms with van der Waals surface area (Å²) in [7, 11) is 2.02. The highest BCUT2D eigenvalue weighted by molar-refractivity contribution is 4.87. The number of likely N-dealkylation sites (N-methyl/N-ethyl adjacent to an activating group) is 1. The Hall–Kier alpha value is -0.120. The molecule has 1 rings (SSSR count). The van der Waals surface area contributed by atoms with Gasteiger partial charge in [0.15, 0.2) is 0 Å². The molecule has 0 radical (unpaired) electrons. The summed E-state index contributed by atoms with van der Waals surface area (Å²) in [4.78, 5) is 2.15. The Balaban J connectivity index is 2.47. The second kappa shape index (κ2) is 5.10. The van der Waals surface area contributed by atoms with Crippen LogP contribution in [0.3, 0.4) is 0 Å². The molecular formula is C11H23NO2. The zero-order valence-electron chi connectivity index (χ0n) is 9.37. The first kappa shape index (κ1) is 12.0. The molecule has 0 aromatic heterocycles. The lowest BCUT2D eigenvalue weighted by Gasteiger charge is -2.34. The smallest absolute Gasteiger partial charge is 0.0584 e. The minimum absolute atomic E-state index is 0.109. The number of nitrogens with zero attached hydrogens (tertiary/aromatic N) is 1. The molecule has 0 aliphatic heterocycles. The van der Waals surface area contributed by atoms with Crippen molar-refractivity contribution in [1.82, 2.24) is 4.90 Å². The summed E-state index contributed by atoms with van der Waals surface area (Å²) in [6.07, 6.45) is 4.74. The van der Waals surface area contributed by atoms with E-state index in [1.54, 1.807) is 0 Å². The van der Waals surface area contributed by atoms with Crippen LogP contribution in [-0.2, 0) is 0 Å². The third-order valence-corrected chi connectivity index (χ3v) is 3.60. The average molecular weight is 201 g/mol. The fourth-order valence-electron chi connectivity index (χ4n) is 2.32. The topological polar surface area (TPSA) is 43.7 Å². The van der Waals surface area contributed by atoms with E-state index < -0.39 is 0 Å². The SMILES string of the molecule is CC(CO)N(C)CC1(CO)CCCC1. The standard InChI is InChI=1S/C11H23NO2/c1-10(7-13)12(2)8-11(9-14)5-3-4-6-11/h10,13-14H,3-9H2,1-2H3. The summed E-state index contributed by atoms with van der Waals surface area (Å²) in [5, 5.41) is 18.5. The molecule has 0 aromatic carbocycles.